The Morgan fingerprint density at radius 1 is 0.882 bits per heavy atom. The van der Waals surface area contributed by atoms with Crippen molar-refractivity contribution < 1.29 is 4.39 Å². The zero-order valence-corrected chi connectivity index (χ0v) is 8.84. The van der Waals surface area contributed by atoms with Crippen LogP contribution in [0.3, 0.4) is 0 Å². The van der Waals surface area contributed by atoms with Crippen LogP contribution < -0.4 is 0 Å². The highest BCUT2D eigenvalue weighted by atomic mass is 19.1. The second kappa shape index (κ2) is 3.90. The van der Waals surface area contributed by atoms with E-state index in [1.165, 1.54) is 12.1 Å². The normalized spacial score (nSPS) is 10.6. The molecule has 3 nitrogen and oxygen atoms in total. The van der Waals surface area contributed by atoms with Crippen LogP contribution in [0.4, 0.5) is 4.39 Å². The monoisotopic (exact) mass is 225 g/mol. The fourth-order valence-electron chi connectivity index (χ4n) is 1.62. The summed E-state index contributed by atoms with van der Waals surface area (Å²) in [4.78, 5) is 12.7. The minimum absolute atomic E-state index is 0.260. The molecule has 17 heavy (non-hydrogen) atoms. The Hall–Kier alpha value is -2.36. The van der Waals surface area contributed by atoms with Gasteiger partial charge in [0.1, 0.15) is 11.3 Å². The van der Waals surface area contributed by atoms with E-state index in [0.717, 1.165) is 16.6 Å². The molecule has 0 N–H and O–H groups in total. The van der Waals surface area contributed by atoms with Crippen LogP contribution in [0.5, 0.6) is 0 Å². The van der Waals surface area contributed by atoms with Gasteiger partial charge in [-0.2, -0.15) is 0 Å². The summed E-state index contributed by atoms with van der Waals surface area (Å²) >= 11 is 0. The summed E-state index contributed by atoms with van der Waals surface area (Å²) < 4.78 is 12.8. The number of hydrogen-bond acceptors (Lipinski definition) is 3. The van der Waals surface area contributed by atoms with Crippen LogP contribution in [0.15, 0.2) is 48.9 Å². The summed E-state index contributed by atoms with van der Waals surface area (Å²) in [6, 6.07) is 7.98. The zero-order chi connectivity index (χ0) is 11.7. The lowest BCUT2D eigenvalue weighted by atomic mass is 10.1. The number of halogens is 1. The second-order valence-electron chi connectivity index (χ2n) is 3.63. The van der Waals surface area contributed by atoms with E-state index in [-0.39, 0.29) is 5.82 Å². The number of benzene rings is 1. The summed E-state index contributed by atoms with van der Waals surface area (Å²) in [5.74, 6) is -0.260. The third-order valence-corrected chi connectivity index (χ3v) is 2.48. The molecule has 0 fully saturated rings. The van der Waals surface area contributed by atoms with Crippen LogP contribution in [0.1, 0.15) is 0 Å². The lowest BCUT2D eigenvalue weighted by Gasteiger charge is -2.01. The molecule has 0 amide bonds. The van der Waals surface area contributed by atoms with Gasteiger partial charge in [0, 0.05) is 11.8 Å². The van der Waals surface area contributed by atoms with Crippen molar-refractivity contribution in [2.45, 2.75) is 0 Å². The molecule has 3 rings (SSSR count). The summed E-state index contributed by atoms with van der Waals surface area (Å²) in [6.45, 7) is 0. The average Bonchev–Trinajstić information content (AvgIpc) is 2.39. The molecule has 3 aromatic rings. The van der Waals surface area contributed by atoms with Crippen molar-refractivity contribution in [3.05, 3.63) is 54.7 Å². The van der Waals surface area contributed by atoms with Crippen molar-refractivity contribution in [3.8, 4) is 11.3 Å². The molecule has 0 radical (unpaired) electrons. The molecular weight excluding hydrogens is 217 g/mol. The summed E-state index contributed by atoms with van der Waals surface area (Å²) in [5, 5.41) is 0. The van der Waals surface area contributed by atoms with Gasteiger partial charge in [0.25, 0.3) is 0 Å². The van der Waals surface area contributed by atoms with Crippen molar-refractivity contribution in [3.63, 3.8) is 0 Å². The predicted octanol–water partition coefficient (Wildman–Crippen LogP) is 2.83. The Labute approximate surface area is 97.0 Å². The first-order valence-corrected chi connectivity index (χ1v) is 5.16. The molecule has 2 heterocycles. The maximum atomic E-state index is 12.8. The van der Waals surface area contributed by atoms with Gasteiger partial charge in [-0.15, -0.1) is 0 Å². The SMILES string of the molecule is Fc1ccc(-c2cnc3ccncc3n2)cc1. The number of aromatic nitrogens is 3. The molecule has 82 valence electrons. The first-order valence-electron chi connectivity index (χ1n) is 5.16. The zero-order valence-electron chi connectivity index (χ0n) is 8.84. The molecule has 0 atom stereocenters. The predicted molar refractivity (Wildman–Crippen MR) is 62.7 cm³/mol. The van der Waals surface area contributed by atoms with Crippen LogP contribution in [0, 0.1) is 5.82 Å². The molecule has 0 saturated heterocycles. The molecule has 0 aliphatic carbocycles. The van der Waals surface area contributed by atoms with E-state index in [4.69, 9.17) is 0 Å². The minimum atomic E-state index is -0.260. The lowest BCUT2D eigenvalue weighted by Crippen LogP contribution is -1.89. The van der Waals surface area contributed by atoms with Crippen molar-refractivity contribution in [1.82, 2.24) is 15.0 Å². The highest BCUT2D eigenvalue weighted by molar-refractivity contribution is 5.75. The van der Waals surface area contributed by atoms with Gasteiger partial charge in [0.2, 0.25) is 0 Å². The van der Waals surface area contributed by atoms with Crippen LogP contribution in [0.25, 0.3) is 22.3 Å². The smallest absolute Gasteiger partial charge is 0.123 e. The molecule has 4 heteroatoms. The Kier molecular flexibility index (Phi) is 2.26. The Bertz CT molecular complexity index is 665. The number of fused-ring (bicyclic) bond motifs is 1. The van der Waals surface area contributed by atoms with Gasteiger partial charge in [0.05, 0.1) is 23.6 Å². The Morgan fingerprint density at radius 2 is 1.71 bits per heavy atom. The maximum Gasteiger partial charge on any atom is 0.123 e. The third kappa shape index (κ3) is 1.85. The van der Waals surface area contributed by atoms with Crippen LogP contribution >= 0.6 is 0 Å². The first kappa shape index (κ1) is 9.84. The van der Waals surface area contributed by atoms with Crippen molar-refractivity contribution >= 4 is 11.0 Å². The van der Waals surface area contributed by atoms with Crippen molar-refractivity contribution in [2.75, 3.05) is 0 Å². The third-order valence-electron chi connectivity index (χ3n) is 2.48. The highest BCUT2D eigenvalue weighted by Gasteiger charge is 2.02. The molecule has 0 bridgehead atoms. The van der Waals surface area contributed by atoms with Gasteiger partial charge in [-0.05, 0) is 30.3 Å². The number of rotatable bonds is 1. The van der Waals surface area contributed by atoms with Gasteiger partial charge in [-0.3, -0.25) is 9.97 Å². The first-order chi connectivity index (χ1) is 8.33. The van der Waals surface area contributed by atoms with E-state index in [1.807, 2.05) is 0 Å². The van der Waals surface area contributed by atoms with Gasteiger partial charge >= 0.3 is 0 Å². The van der Waals surface area contributed by atoms with E-state index < -0.39 is 0 Å². The Morgan fingerprint density at radius 3 is 2.53 bits per heavy atom. The highest BCUT2D eigenvalue weighted by Crippen LogP contribution is 2.18. The average molecular weight is 225 g/mol. The summed E-state index contributed by atoms with van der Waals surface area (Å²) in [5.41, 5.74) is 3.08. The van der Waals surface area contributed by atoms with E-state index >= 15 is 0 Å². The van der Waals surface area contributed by atoms with Crippen LogP contribution in [-0.2, 0) is 0 Å². The van der Waals surface area contributed by atoms with E-state index in [2.05, 4.69) is 15.0 Å². The second-order valence-corrected chi connectivity index (χ2v) is 3.63. The topological polar surface area (TPSA) is 38.7 Å². The summed E-state index contributed by atoms with van der Waals surface area (Å²) in [7, 11) is 0. The summed E-state index contributed by atoms with van der Waals surface area (Å²) in [6.07, 6.45) is 5.01. The number of hydrogen-bond donors (Lipinski definition) is 0. The number of pyridine rings is 1. The quantitative estimate of drug-likeness (QED) is 0.639. The van der Waals surface area contributed by atoms with Crippen LogP contribution in [-0.4, -0.2) is 15.0 Å². The van der Waals surface area contributed by atoms with Gasteiger partial charge in [-0.25, -0.2) is 9.37 Å². The van der Waals surface area contributed by atoms with E-state index in [1.54, 1.807) is 36.8 Å². The molecule has 0 saturated carbocycles. The fraction of sp³-hybridized carbons (Fsp3) is 0. The minimum Gasteiger partial charge on any atom is -0.262 e. The van der Waals surface area contributed by atoms with Crippen LogP contribution in [0.2, 0.25) is 0 Å². The number of nitrogens with zero attached hydrogens (tertiary/aromatic N) is 3. The molecule has 0 unspecified atom stereocenters. The molecule has 0 aliphatic heterocycles. The molecule has 0 spiro atoms. The van der Waals surface area contributed by atoms with Crippen molar-refractivity contribution in [1.29, 1.82) is 0 Å². The van der Waals surface area contributed by atoms with E-state index in [0.29, 0.717) is 5.69 Å². The molecule has 0 aliphatic rings. The van der Waals surface area contributed by atoms with E-state index in [9.17, 15) is 4.39 Å². The molecule has 1 aromatic carbocycles. The maximum absolute atomic E-state index is 12.8. The Balaban J connectivity index is 2.14. The van der Waals surface area contributed by atoms with Crippen molar-refractivity contribution in [2.24, 2.45) is 0 Å². The molecule has 2 aromatic heterocycles. The lowest BCUT2D eigenvalue weighted by molar-refractivity contribution is 0.628. The van der Waals surface area contributed by atoms with Gasteiger partial charge < -0.3 is 0 Å². The van der Waals surface area contributed by atoms with Gasteiger partial charge in [-0.1, -0.05) is 0 Å². The fourth-order valence-corrected chi connectivity index (χ4v) is 1.62. The molecular formula is C13H8FN3. The largest absolute Gasteiger partial charge is 0.262 e. The van der Waals surface area contributed by atoms with Gasteiger partial charge in [0.15, 0.2) is 0 Å². The standard InChI is InChI=1S/C13H8FN3/c14-10-3-1-9(2-4-10)12-8-16-11-5-6-15-7-13(11)17-12/h1-8H.